The van der Waals surface area contributed by atoms with Gasteiger partial charge in [-0.1, -0.05) is 48.0 Å². The number of carbonyl (C=O) groups excluding carboxylic acids is 1. The first kappa shape index (κ1) is 17.1. The Kier molecular flexibility index (Phi) is 4.81. The summed E-state index contributed by atoms with van der Waals surface area (Å²) in [7, 11) is 1.49. The van der Waals surface area contributed by atoms with E-state index < -0.39 is 18.0 Å². The molecule has 0 radical (unpaired) electrons. The van der Waals surface area contributed by atoms with E-state index in [1.54, 1.807) is 30.3 Å². The van der Waals surface area contributed by atoms with Gasteiger partial charge in [-0.25, -0.2) is 8.78 Å². The van der Waals surface area contributed by atoms with Crippen molar-refractivity contribution in [2.45, 2.75) is 6.43 Å². The molecule has 1 amide bonds. The van der Waals surface area contributed by atoms with E-state index in [1.807, 2.05) is 18.2 Å². The number of nitrogens with zero attached hydrogens (tertiary/aromatic N) is 2. The second kappa shape index (κ2) is 7.03. The number of hydrogen-bond donors (Lipinski definition) is 1. The molecule has 25 heavy (non-hydrogen) atoms. The van der Waals surface area contributed by atoms with Gasteiger partial charge in [-0.15, -0.1) is 0 Å². The molecule has 0 aliphatic rings. The topological polar surface area (TPSA) is 46.9 Å². The maximum absolute atomic E-state index is 13.1. The summed E-state index contributed by atoms with van der Waals surface area (Å²) in [5.41, 5.74) is 1.20. The van der Waals surface area contributed by atoms with Crippen LogP contribution < -0.4 is 5.32 Å². The van der Waals surface area contributed by atoms with Crippen LogP contribution in [0.4, 0.5) is 14.5 Å². The Hall–Kier alpha value is -2.73. The number of hydrogen-bond acceptors (Lipinski definition) is 2. The van der Waals surface area contributed by atoms with E-state index in [4.69, 9.17) is 11.6 Å². The first-order chi connectivity index (χ1) is 12.0. The van der Waals surface area contributed by atoms with Crippen molar-refractivity contribution in [3.05, 3.63) is 71.0 Å². The van der Waals surface area contributed by atoms with Crippen LogP contribution in [0.1, 0.15) is 22.5 Å². The highest BCUT2D eigenvalue weighted by molar-refractivity contribution is 6.33. The molecule has 4 nitrogen and oxygen atoms in total. The molecule has 0 unspecified atom stereocenters. The Morgan fingerprint density at radius 1 is 1.12 bits per heavy atom. The van der Waals surface area contributed by atoms with Crippen LogP contribution in [0.15, 0.2) is 54.7 Å². The normalized spacial score (nSPS) is 10.9. The summed E-state index contributed by atoms with van der Waals surface area (Å²) in [6.07, 6.45) is -1.56. The smallest absolute Gasteiger partial charge is 0.282 e. The van der Waals surface area contributed by atoms with Crippen LogP contribution in [0.2, 0.25) is 5.02 Å². The van der Waals surface area contributed by atoms with Gasteiger partial charge in [0.1, 0.15) is 5.69 Å². The maximum Gasteiger partial charge on any atom is 0.282 e. The zero-order chi connectivity index (χ0) is 18.0. The lowest BCUT2D eigenvalue weighted by atomic mass is 10.0. The summed E-state index contributed by atoms with van der Waals surface area (Å²) >= 11 is 6.23. The van der Waals surface area contributed by atoms with E-state index >= 15 is 0 Å². The number of benzene rings is 2. The summed E-state index contributed by atoms with van der Waals surface area (Å²) < 4.78 is 27.3. The first-order valence-corrected chi connectivity index (χ1v) is 7.82. The van der Waals surface area contributed by atoms with Gasteiger partial charge in [0, 0.05) is 35.1 Å². The van der Waals surface area contributed by atoms with E-state index in [2.05, 4.69) is 10.4 Å². The number of carbonyl (C=O) groups is 1. The van der Waals surface area contributed by atoms with E-state index in [1.165, 1.54) is 17.9 Å². The number of aromatic nitrogens is 2. The Bertz CT molecular complexity index is 924. The molecule has 3 rings (SSSR count). The molecule has 1 heterocycles. The number of anilines is 1. The van der Waals surface area contributed by atoms with Gasteiger partial charge < -0.3 is 5.32 Å². The molecule has 0 saturated carbocycles. The molecule has 0 atom stereocenters. The highest BCUT2D eigenvalue weighted by atomic mass is 35.5. The van der Waals surface area contributed by atoms with Crippen molar-refractivity contribution in [2.24, 2.45) is 7.05 Å². The summed E-state index contributed by atoms with van der Waals surface area (Å²) in [5, 5.41) is 6.86. The van der Waals surface area contributed by atoms with Crippen LogP contribution in [0.25, 0.3) is 11.1 Å². The summed E-state index contributed by atoms with van der Waals surface area (Å²) in [6.45, 7) is 0. The van der Waals surface area contributed by atoms with Crippen molar-refractivity contribution in [3.63, 3.8) is 0 Å². The van der Waals surface area contributed by atoms with Crippen molar-refractivity contribution >= 4 is 23.2 Å². The van der Waals surface area contributed by atoms with Gasteiger partial charge >= 0.3 is 0 Å². The summed E-state index contributed by atoms with van der Waals surface area (Å²) in [6, 6.07) is 14.2. The maximum atomic E-state index is 13.1. The van der Waals surface area contributed by atoms with E-state index in [0.29, 0.717) is 16.3 Å². The molecule has 128 valence electrons. The van der Waals surface area contributed by atoms with Gasteiger partial charge in [0.25, 0.3) is 12.3 Å². The lowest BCUT2D eigenvalue weighted by Gasteiger charge is -2.12. The molecule has 0 fully saturated rings. The van der Waals surface area contributed by atoms with Crippen LogP contribution >= 0.6 is 11.6 Å². The summed E-state index contributed by atoms with van der Waals surface area (Å²) in [5.74, 6) is -0.650. The van der Waals surface area contributed by atoms with E-state index in [-0.39, 0.29) is 5.56 Å². The second-order valence-corrected chi connectivity index (χ2v) is 5.79. The van der Waals surface area contributed by atoms with Crippen LogP contribution in [0.3, 0.4) is 0 Å². The molecule has 1 N–H and O–H groups in total. The molecule has 0 aliphatic heterocycles. The Balaban J connectivity index is 1.97. The van der Waals surface area contributed by atoms with Crippen molar-refractivity contribution in [1.29, 1.82) is 0 Å². The fourth-order valence-electron chi connectivity index (χ4n) is 2.54. The highest BCUT2D eigenvalue weighted by Gasteiger charge is 2.23. The third kappa shape index (κ3) is 3.53. The SMILES string of the molecule is Cn1cc(C(=O)Nc2ccccc2-c2ccccc2Cl)c(C(F)F)n1. The average Bonchev–Trinajstić information content (AvgIpc) is 2.98. The number of alkyl halides is 2. The molecule has 0 aliphatic carbocycles. The Labute approximate surface area is 148 Å². The Morgan fingerprint density at radius 2 is 1.76 bits per heavy atom. The highest BCUT2D eigenvalue weighted by Crippen LogP contribution is 2.33. The minimum absolute atomic E-state index is 0.161. The van der Waals surface area contributed by atoms with Gasteiger partial charge in [0.15, 0.2) is 0 Å². The third-order valence-corrected chi connectivity index (χ3v) is 3.98. The lowest BCUT2D eigenvalue weighted by Crippen LogP contribution is -2.14. The van der Waals surface area contributed by atoms with Crippen molar-refractivity contribution < 1.29 is 13.6 Å². The monoisotopic (exact) mass is 361 g/mol. The zero-order valence-electron chi connectivity index (χ0n) is 13.2. The molecular weight excluding hydrogens is 348 g/mol. The van der Waals surface area contributed by atoms with Crippen LogP contribution in [-0.4, -0.2) is 15.7 Å². The fourth-order valence-corrected chi connectivity index (χ4v) is 2.78. The molecule has 2 aromatic carbocycles. The molecule has 0 saturated heterocycles. The average molecular weight is 362 g/mol. The predicted octanol–water partition coefficient (Wildman–Crippen LogP) is 4.93. The van der Waals surface area contributed by atoms with Crippen LogP contribution in [0.5, 0.6) is 0 Å². The molecule has 0 bridgehead atoms. The van der Waals surface area contributed by atoms with Crippen LogP contribution in [0, 0.1) is 0 Å². The molecule has 1 aromatic heterocycles. The quantitative estimate of drug-likeness (QED) is 0.716. The van der Waals surface area contributed by atoms with Crippen molar-refractivity contribution in [3.8, 4) is 11.1 Å². The van der Waals surface area contributed by atoms with E-state index in [0.717, 1.165) is 5.56 Å². The van der Waals surface area contributed by atoms with Gasteiger partial charge in [-0.3, -0.25) is 9.48 Å². The van der Waals surface area contributed by atoms with Crippen LogP contribution in [-0.2, 0) is 7.05 Å². The Morgan fingerprint density at radius 3 is 2.44 bits per heavy atom. The molecular formula is C18H14ClF2N3O. The minimum Gasteiger partial charge on any atom is -0.321 e. The fraction of sp³-hybridized carbons (Fsp3) is 0.111. The predicted molar refractivity (Wildman–Crippen MR) is 93.0 cm³/mol. The number of para-hydroxylation sites is 1. The zero-order valence-corrected chi connectivity index (χ0v) is 14.0. The van der Waals surface area contributed by atoms with Gasteiger partial charge in [-0.2, -0.15) is 5.10 Å². The standard InChI is InChI=1S/C18H14ClF2N3O/c1-24-10-13(16(23-24)17(20)21)18(25)22-15-9-5-3-7-12(15)11-6-2-4-8-14(11)19/h2-10,17H,1H3,(H,22,25). The number of halogens is 3. The van der Waals surface area contributed by atoms with Gasteiger partial charge in [0.05, 0.1) is 5.56 Å². The largest absolute Gasteiger partial charge is 0.321 e. The first-order valence-electron chi connectivity index (χ1n) is 7.44. The van der Waals surface area contributed by atoms with Crippen molar-refractivity contribution in [1.82, 2.24) is 9.78 Å². The number of nitrogens with one attached hydrogen (secondary N) is 1. The minimum atomic E-state index is -2.83. The molecule has 3 aromatic rings. The lowest BCUT2D eigenvalue weighted by molar-refractivity contribution is 0.101. The third-order valence-electron chi connectivity index (χ3n) is 3.65. The summed E-state index contributed by atoms with van der Waals surface area (Å²) in [4.78, 5) is 12.5. The van der Waals surface area contributed by atoms with Crippen molar-refractivity contribution in [2.75, 3.05) is 5.32 Å². The molecule has 0 spiro atoms. The van der Waals surface area contributed by atoms with Gasteiger partial charge in [-0.05, 0) is 12.1 Å². The molecule has 7 heteroatoms. The van der Waals surface area contributed by atoms with Gasteiger partial charge in [0.2, 0.25) is 0 Å². The van der Waals surface area contributed by atoms with E-state index in [9.17, 15) is 13.6 Å². The second-order valence-electron chi connectivity index (χ2n) is 5.38. The number of aryl methyl sites for hydroxylation is 1. The number of rotatable bonds is 4. The number of amides is 1.